The fourth-order valence-electron chi connectivity index (χ4n) is 4.71. The van der Waals surface area contributed by atoms with Crippen molar-refractivity contribution in [3.8, 4) is 0 Å². The summed E-state index contributed by atoms with van der Waals surface area (Å²) in [6.07, 6.45) is 2.12. The molecule has 2 aromatic rings. The van der Waals surface area contributed by atoms with Gasteiger partial charge in [0, 0.05) is 48.2 Å². The highest BCUT2D eigenvalue weighted by Crippen LogP contribution is 2.43. The van der Waals surface area contributed by atoms with E-state index in [1.807, 2.05) is 23.1 Å². The zero-order valence-electron chi connectivity index (χ0n) is 15.8. The van der Waals surface area contributed by atoms with Crippen LogP contribution in [-0.4, -0.2) is 44.0 Å². The minimum absolute atomic E-state index is 0.00224. The van der Waals surface area contributed by atoms with E-state index in [0.717, 1.165) is 54.6 Å². The molecule has 2 fully saturated rings. The van der Waals surface area contributed by atoms with Crippen LogP contribution in [-0.2, 0) is 4.79 Å². The molecule has 1 atom stereocenters. The van der Waals surface area contributed by atoms with Crippen molar-refractivity contribution in [3.63, 3.8) is 0 Å². The second-order valence-electron chi connectivity index (χ2n) is 7.73. The molecular formula is C22H24N4O2. The van der Waals surface area contributed by atoms with Crippen molar-refractivity contribution in [2.24, 2.45) is 0 Å². The van der Waals surface area contributed by atoms with Gasteiger partial charge in [-0.25, -0.2) is 0 Å². The van der Waals surface area contributed by atoms with E-state index >= 15 is 0 Å². The van der Waals surface area contributed by atoms with E-state index in [9.17, 15) is 9.59 Å². The first kappa shape index (κ1) is 17.3. The number of hydrogen-bond donors (Lipinski definition) is 2. The summed E-state index contributed by atoms with van der Waals surface area (Å²) in [6, 6.07) is 10.0. The number of anilines is 2. The van der Waals surface area contributed by atoms with Gasteiger partial charge in [-0.1, -0.05) is 18.7 Å². The van der Waals surface area contributed by atoms with Gasteiger partial charge in [0.2, 0.25) is 5.91 Å². The Kier molecular flexibility index (Phi) is 4.09. The van der Waals surface area contributed by atoms with E-state index in [4.69, 9.17) is 0 Å². The second-order valence-corrected chi connectivity index (χ2v) is 7.73. The summed E-state index contributed by atoms with van der Waals surface area (Å²) in [6.45, 7) is 7.99. The molecule has 3 aliphatic rings. The van der Waals surface area contributed by atoms with E-state index in [1.165, 1.54) is 5.69 Å². The lowest BCUT2D eigenvalue weighted by atomic mass is 10.0. The van der Waals surface area contributed by atoms with Gasteiger partial charge in [0.15, 0.2) is 0 Å². The molecule has 2 N–H and O–H groups in total. The van der Waals surface area contributed by atoms with Crippen LogP contribution in [0.5, 0.6) is 0 Å². The lowest BCUT2D eigenvalue weighted by Gasteiger charge is -2.33. The van der Waals surface area contributed by atoms with Crippen LogP contribution < -0.4 is 20.4 Å². The molecule has 0 saturated carbocycles. The number of nitrogens with one attached hydrogen (secondary N) is 2. The Morgan fingerprint density at radius 2 is 1.93 bits per heavy atom. The van der Waals surface area contributed by atoms with Gasteiger partial charge in [-0.15, -0.1) is 0 Å². The number of piperidine rings is 1. The lowest BCUT2D eigenvalue weighted by Crippen LogP contribution is -2.47. The quantitative estimate of drug-likeness (QED) is 0.845. The Labute approximate surface area is 164 Å². The molecule has 0 bridgehead atoms. The zero-order valence-corrected chi connectivity index (χ0v) is 15.8. The van der Waals surface area contributed by atoms with E-state index in [-0.39, 0.29) is 17.9 Å². The largest absolute Gasteiger partial charge is 0.370 e. The number of nitrogens with zero attached hydrogens (tertiary/aromatic N) is 2. The van der Waals surface area contributed by atoms with Crippen LogP contribution in [0.15, 0.2) is 42.6 Å². The summed E-state index contributed by atoms with van der Waals surface area (Å²) in [5, 5.41) is 8.40. The van der Waals surface area contributed by atoms with Crippen molar-refractivity contribution in [3.05, 3.63) is 48.2 Å². The van der Waals surface area contributed by atoms with Crippen LogP contribution in [0.4, 0.5) is 11.4 Å². The first-order valence-corrected chi connectivity index (χ1v) is 9.99. The van der Waals surface area contributed by atoms with Crippen LogP contribution in [0.1, 0.15) is 29.6 Å². The van der Waals surface area contributed by atoms with Gasteiger partial charge < -0.3 is 15.5 Å². The number of carbonyl (C=O) groups is 2. The SMILES string of the molecule is C=C1NC(=O)CCC1N1C(=O)c2ccc(N3CCCNCC3)c3cccc1c23. The monoisotopic (exact) mass is 376 g/mol. The molecule has 28 heavy (non-hydrogen) atoms. The van der Waals surface area contributed by atoms with Gasteiger partial charge in [-0.3, -0.25) is 14.5 Å². The Hall–Kier alpha value is -2.86. The van der Waals surface area contributed by atoms with E-state index < -0.39 is 0 Å². The minimum Gasteiger partial charge on any atom is -0.370 e. The van der Waals surface area contributed by atoms with E-state index in [1.54, 1.807) is 0 Å². The fraction of sp³-hybridized carbons (Fsp3) is 0.364. The summed E-state index contributed by atoms with van der Waals surface area (Å²) in [7, 11) is 0. The van der Waals surface area contributed by atoms with Gasteiger partial charge in [-0.05, 0) is 37.6 Å². The Morgan fingerprint density at radius 1 is 1.04 bits per heavy atom. The van der Waals surface area contributed by atoms with Gasteiger partial charge in [0.05, 0.1) is 17.3 Å². The number of rotatable bonds is 2. The predicted octanol–water partition coefficient (Wildman–Crippen LogP) is 2.39. The molecule has 6 heteroatoms. The normalized spacial score (nSPS) is 22.6. The summed E-state index contributed by atoms with van der Waals surface area (Å²) < 4.78 is 0. The Balaban J connectivity index is 1.60. The maximum atomic E-state index is 13.3. The standard InChI is InChI=1S/C22H24N4O2/c1-14-17(8-9-20(27)24-14)26-19-5-2-4-15-18(25-12-3-10-23-11-13-25)7-6-16(21(15)19)22(26)28/h2,4-7,17,23H,1,3,8-13H2,(H,24,27). The highest BCUT2D eigenvalue weighted by atomic mass is 16.2. The summed E-state index contributed by atoms with van der Waals surface area (Å²) in [5.41, 5.74) is 3.46. The van der Waals surface area contributed by atoms with Gasteiger partial charge in [0.1, 0.15) is 0 Å². The molecule has 6 nitrogen and oxygen atoms in total. The first-order valence-electron chi connectivity index (χ1n) is 9.99. The predicted molar refractivity (Wildman–Crippen MR) is 111 cm³/mol. The molecule has 0 spiro atoms. The average Bonchev–Trinajstić information content (AvgIpc) is 2.87. The maximum absolute atomic E-state index is 13.3. The highest BCUT2D eigenvalue weighted by molar-refractivity contribution is 6.27. The van der Waals surface area contributed by atoms with E-state index in [2.05, 4.69) is 34.2 Å². The van der Waals surface area contributed by atoms with Crippen LogP contribution in [0.3, 0.4) is 0 Å². The molecule has 3 aliphatic heterocycles. The second kappa shape index (κ2) is 6.63. The number of benzene rings is 2. The number of hydrogen-bond acceptors (Lipinski definition) is 4. The van der Waals surface area contributed by atoms with Crippen molar-refractivity contribution in [1.29, 1.82) is 0 Å². The first-order chi connectivity index (χ1) is 13.6. The molecule has 0 radical (unpaired) electrons. The van der Waals surface area contributed by atoms with Gasteiger partial charge in [-0.2, -0.15) is 0 Å². The molecule has 2 aromatic carbocycles. The summed E-state index contributed by atoms with van der Waals surface area (Å²) >= 11 is 0. The molecular weight excluding hydrogens is 352 g/mol. The summed E-state index contributed by atoms with van der Waals surface area (Å²) in [4.78, 5) is 29.2. The summed E-state index contributed by atoms with van der Waals surface area (Å²) in [5.74, 6) is -0.0294. The molecule has 0 aromatic heterocycles. The van der Waals surface area contributed by atoms with Crippen LogP contribution in [0.2, 0.25) is 0 Å². The number of amides is 2. The van der Waals surface area contributed by atoms with Crippen molar-refractivity contribution in [1.82, 2.24) is 10.6 Å². The molecule has 5 rings (SSSR count). The Bertz CT molecular complexity index is 991. The molecule has 144 valence electrons. The fourth-order valence-corrected chi connectivity index (χ4v) is 4.71. The third-order valence-corrected chi connectivity index (χ3v) is 6.04. The Morgan fingerprint density at radius 3 is 2.79 bits per heavy atom. The van der Waals surface area contributed by atoms with Crippen molar-refractivity contribution >= 4 is 34.0 Å². The highest BCUT2D eigenvalue weighted by Gasteiger charge is 2.38. The van der Waals surface area contributed by atoms with Gasteiger partial charge in [0.25, 0.3) is 5.91 Å². The molecule has 2 amide bonds. The third-order valence-electron chi connectivity index (χ3n) is 6.04. The van der Waals surface area contributed by atoms with Crippen molar-refractivity contribution in [2.45, 2.75) is 25.3 Å². The topological polar surface area (TPSA) is 64.7 Å². The van der Waals surface area contributed by atoms with Crippen molar-refractivity contribution in [2.75, 3.05) is 36.0 Å². The third kappa shape index (κ3) is 2.59. The van der Waals surface area contributed by atoms with Crippen LogP contribution in [0.25, 0.3) is 10.8 Å². The minimum atomic E-state index is -0.200. The lowest BCUT2D eigenvalue weighted by molar-refractivity contribution is -0.121. The smallest absolute Gasteiger partial charge is 0.259 e. The van der Waals surface area contributed by atoms with E-state index in [0.29, 0.717) is 18.5 Å². The molecule has 2 saturated heterocycles. The van der Waals surface area contributed by atoms with Crippen molar-refractivity contribution < 1.29 is 9.59 Å². The zero-order chi connectivity index (χ0) is 19.3. The van der Waals surface area contributed by atoms with Gasteiger partial charge >= 0.3 is 0 Å². The maximum Gasteiger partial charge on any atom is 0.259 e. The molecule has 3 heterocycles. The van der Waals surface area contributed by atoms with Crippen LogP contribution in [0, 0.1) is 0 Å². The molecule has 0 aliphatic carbocycles. The van der Waals surface area contributed by atoms with Crippen LogP contribution >= 0.6 is 0 Å². The molecule has 1 unspecified atom stereocenters. The number of carbonyl (C=O) groups excluding carboxylic acids is 2. The average molecular weight is 376 g/mol.